The van der Waals surface area contributed by atoms with Gasteiger partial charge in [-0.05, 0) is 19.4 Å². The van der Waals surface area contributed by atoms with Crippen molar-refractivity contribution in [3.63, 3.8) is 0 Å². The topological polar surface area (TPSA) is 69.4 Å². The van der Waals surface area contributed by atoms with Gasteiger partial charge in [-0.1, -0.05) is 49.0 Å². The number of rotatable bonds is 7. The third-order valence-corrected chi connectivity index (χ3v) is 7.14. The van der Waals surface area contributed by atoms with Gasteiger partial charge in [0.25, 0.3) is 0 Å². The summed E-state index contributed by atoms with van der Waals surface area (Å²) in [5, 5.41) is -0.586. The van der Waals surface area contributed by atoms with Crippen molar-refractivity contribution >= 4 is 27.0 Å². The Morgan fingerprint density at radius 1 is 1.32 bits per heavy atom. The lowest BCUT2D eigenvalue weighted by atomic mass is 9.99. The van der Waals surface area contributed by atoms with Crippen molar-refractivity contribution in [2.75, 3.05) is 19.0 Å². The highest BCUT2D eigenvalue weighted by atomic mass is 32.2. The molecule has 1 aliphatic carbocycles. The fraction of sp³-hybridized carbons (Fsp3) is 0.562. The first-order chi connectivity index (χ1) is 10.3. The van der Waals surface area contributed by atoms with E-state index in [4.69, 9.17) is 22.7 Å². The van der Waals surface area contributed by atoms with Crippen molar-refractivity contribution in [2.45, 2.75) is 31.9 Å². The monoisotopic (exact) mass is 341 g/mol. The second-order valence-electron chi connectivity index (χ2n) is 5.80. The van der Waals surface area contributed by atoms with Crippen LogP contribution in [0, 0.1) is 12.3 Å². The van der Waals surface area contributed by atoms with Crippen molar-refractivity contribution in [3.05, 3.63) is 35.4 Å². The van der Waals surface area contributed by atoms with Crippen LogP contribution in [0.2, 0.25) is 0 Å². The molecule has 1 aliphatic rings. The van der Waals surface area contributed by atoms with Crippen molar-refractivity contribution in [1.29, 1.82) is 0 Å². The first kappa shape index (κ1) is 17.4. The van der Waals surface area contributed by atoms with E-state index in [1.54, 1.807) is 6.92 Å². The minimum Gasteiger partial charge on any atom is -0.393 e. The number of hydrogen-bond acceptors (Lipinski definition) is 4. The molecule has 3 atom stereocenters. The smallest absolute Gasteiger partial charge is 0.154 e. The molecule has 2 N–H and O–H groups in total. The first-order valence-electron chi connectivity index (χ1n) is 7.47. The Balaban J connectivity index is 2.48. The summed E-state index contributed by atoms with van der Waals surface area (Å²) in [5.41, 5.74) is 7.27. The fourth-order valence-electron chi connectivity index (χ4n) is 3.17. The van der Waals surface area contributed by atoms with Crippen molar-refractivity contribution in [3.8, 4) is 0 Å². The summed E-state index contributed by atoms with van der Waals surface area (Å²) < 4.78 is 30.6. The SMILES string of the molecule is CCOCC1(C(N)=S)C(c2ccc(C)cc2)C1S(=O)(=O)CC. The number of benzene rings is 1. The number of thiocarbonyl (C=S) groups is 1. The van der Waals surface area contributed by atoms with Crippen molar-refractivity contribution in [2.24, 2.45) is 11.1 Å². The Kier molecular flexibility index (Phi) is 4.94. The van der Waals surface area contributed by atoms with Crippen LogP contribution in [0.15, 0.2) is 24.3 Å². The zero-order valence-electron chi connectivity index (χ0n) is 13.2. The van der Waals surface area contributed by atoms with Gasteiger partial charge in [-0.15, -0.1) is 0 Å². The highest BCUT2D eigenvalue weighted by Gasteiger charge is 2.72. The number of sulfone groups is 1. The van der Waals surface area contributed by atoms with E-state index in [1.807, 2.05) is 38.1 Å². The normalized spacial score (nSPS) is 27.6. The van der Waals surface area contributed by atoms with Crippen LogP contribution in [0.25, 0.3) is 0 Å². The molecule has 0 saturated heterocycles. The predicted molar refractivity (Wildman–Crippen MR) is 92.9 cm³/mol. The molecule has 3 unspecified atom stereocenters. The van der Waals surface area contributed by atoms with E-state index in [0.29, 0.717) is 6.61 Å². The molecule has 2 rings (SSSR count). The molecule has 1 saturated carbocycles. The zero-order valence-corrected chi connectivity index (χ0v) is 14.8. The molecule has 0 aromatic heterocycles. The summed E-state index contributed by atoms with van der Waals surface area (Å²) in [6.07, 6.45) is 0. The van der Waals surface area contributed by atoms with Gasteiger partial charge in [0.2, 0.25) is 0 Å². The lowest BCUT2D eigenvalue weighted by Gasteiger charge is -2.16. The molecule has 1 aromatic rings. The second kappa shape index (κ2) is 6.26. The highest BCUT2D eigenvalue weighted by Crippen LogP contribution is 2.63. The minimum absolute atomic E-state index is 0.0799. The average Bonchev–Trinajstić information content (AvgIpc) is 3.17. The lowest BCUT2D eigenvalue weighted by Crippen LogP contribution is -2.34. The summed E-state index contributed by atoms with van der Waals surface area (Å²) in [6, 6.07) is 7.89. The van der Waals surface area contributed by atoms with Gasteiger partial charge in [0, 0.05) is 18.3 Å². The van der Waals surface area contributed by atoms with Crippen LogP contribution < -0.4 is 5.73 Å². The number of aryl methyl sites for hydroxylation is 1. The van der Waals surface area contributed by atoms with Gasteiger partial charge in [-0.3, -0.25) is 0 Å². The van der Waals surface area contributed by atoms with Crippen LogP contribution >= 0.6 is 12.2 Å². The molecule has 1 aromatic carbocycles. The van der Waals surface area contributed by atoms with Crippen LogP contribution in [0.1, 0.15) is 30.9 Å². The highest BCUT2D eigenvalue weighted by molar-refractivity contribution is 7.92. The molecule has 0 spiro atoms. The van der Waals surface area contributed by atoms with E-state index in [1.165, 1.54) is 0 Å². The van der Waals surface area contributed by atoms with Crippen molar-refractivity contribution < 1.29 is 13.2 Å². The maximum absolute atomic E-state index is 12.5. The summed E-state index contributed by atoms with van der Waals surface area (Å²) in [6.45, 7) is 6.29. The molecular weight excluding hydrogens is 318 g/mol. The zero-order chi connectivity index (χ0) is 16.5. The first-order valence-corrected chi connectivity index (χ1v) is 9.59. The van der Waals surface area contributed by atoms with Gasteiger partial charge in [0.05, 0.1) is 22.3 Å². The Morgan fingerprint density at radius 3 is 2.36 bits per heavy atom. The Hall–Kier alpha value is -0.980. The molecule has 22 heavy (non-hydrogen) atoms. The predicted octanol–water partition coefficient (Wildman–Crippen LogP) is 2.20. The lowest BCUT2D eigenvalue weighted by molar-refractivity contribution is 0.121. The Labute approximate surface area is 138 Å². The van der Waals surface area contributed by atoms with Gasteiger partial charge in [0.1, 0.15) is 0 Å². The van der Waals surface area contributed by atoms with Gasteiger partial charge in [0.15, 0.2) is 9.84 Å². The third kappa shape index (κ3) is 2.79. The summed E-state index contributed by atoms with van der Waals surface area (Å²) in [7, 11) is -3.26. The quantitative estimate of drug-likeness (QED) is 0.770. The van der Waals surface area contributed by atoms with E-state index in [-0.39, 0.29) is 23.3 Å². The van der Waals surface area contributed by atoms with Crippen LogP contribution in [-0.4, -0.2) is 37.6 Å². The molecule has 1 fully saturated rings. The van der Waals surface area contributed by atoms with Crippen LogP contribution in [-0.2, 0) is 14.6 Å². The summed E-state index contributed by atoms with van der Waals surface area (Å²) >= 11 is 5.24. The van der Waals surface area contributed by atoms with E-state index < -0.39 is 20.5 Å². The van der Waals surface area contributed by atoms with E-state index >= 15 is 0 Å². The van der Waals surface area contributed by atoms with E-state index in [9.17, 15) is 8.42 Å². The van der Waals surface area contributed by atoms with Crippen molar-refractivity contribution in [1.82, 2.24) is 0 Å². The molecule has 4 nitrogen and oxygen atoms in total. The van der Waals surface area contributed by atoms with Crippen LogP contribution in [0.5, 0.6) is 0 Å². The molecule has 0 radical (unpaired) electrons. The number of hydrogen-bond donors (Lipinski definition) is 1. The van der Waals surface area contributed by atoms with Gasteiger partial charge < -0.3 is 10.5 Å². The molecule has 0 aliphatic heterocycles. The van der Waals surface area contributed by atoms with Gasteiger partial charge >= 0.3 is 0 Å². The van der Waals surface area contributed by atoms with E-state index in [2.05, 4.69) is 0 Å². The number of ether oxygens (including phenoxy) is 1. The summed E-state index contributed by atoms with van der Waals surface area (Å²) in [5.74, 6) is -0.140. The molecule has 0 bridgehead atoms. The standard InChI is InChI=1S/C16H23NO3S2/c1-4-20-10-16(15(17)21)13(14(16)22(18,19)5-2)12-8-6-11(3)7-9-12/h6-9,13-14H,4-5,10H2,1-3H3,(H2,17,21). The van der Waals surface area contributed by atoms with Crippen LogP contribution in [0.4, 0.5) is 0 Å². The maximum Gasteiger partial charge on any atom is 0.154 e. The molecule has 0 heterocycles. The molecule has 6 heteroatoms. The third-order valence-electron chi connectivity index (χ3n) is 4.49. The largest absolute Gasteiger partial charge is 0.393 e. The Morgan fingerprint density at radius 2 is 1.91 bits per heavy atom. The van der Waals surface area contributed by atoms with Gasteiger partial charge in [-0.25, -0.2) is 8.42 Å². The molecular formula is C16H23NO3S2. The maximum atomic E-state index is 12.5. The number of nitrogens with two attached hydrogens (primary N) is 1. The molecule has 0 amide bonds. The van der Waals surface area contributed by atoms with Gasteiger partial charge in [-0.2, -0.15) is 0 Å². The van der Waals surface area contributed by atoms with E-state index in [0.717, 1.165) is 11.1 Å². The Bertz CT molecular complexity index is 654. The fourth-order valence-corrected chi connectivity index (χ4v) is 5.63. The molecule has 122 valence electrons. The summed E-state index contributed by atoms with van der Waals surface area (Å²) in [4.78, 5) is 0.230. The second-order valence-corrected chi connectivity index (χ2v) is 8.65. The van der Waals surface area contributed by atoms with Crippen LogP contribution in [0.3, 0.4) is 0 Å². The minimum atomic E-state index is -3.26. The average molecular weight is 341 g/mol.